The monoisotopic (exact) mass is 404 g/mol. The molecule has 3 nitrogen and oxygen atoms in total. The summed E-state index contributed by atoms with van der Waals surface area (Å²) in [4.78, 5) is 11.1. The van der Waals surface area contributed by atoms with Crippen LogP contribution in [0, 0.1) is 6.92 Å². The van der Waals surface area contributed by atoms with Crippen LogP contribution >= 0.6 is 11.6 Å². The molecule has 0 radical (unpaired) electrons. The molecule has 0 saturated carbocycles. The van der Waals surface area contributed by atoms with Gasteiger partial charge in [-0.3, -0.25) is 0 Å². The van der Waals surface area contributed by atoms with Crippen LogP contribution in [0.4, 0.5) is 13.2 Å². The molecule has 8 heteroatoms. The molecule has 0 aromatic heterocycles. The predicted molar refractivity (Wildman–Crippen MR) is 88.9 cm³/mol. The first-order valence-electron chi connectivity index (χ1n) is 7.70. The van der Waals surface area contributed by atoms with Gasteiger partial charge in [-0.15, -0.1) is 0 Å². The van der Waals surface area contributed by atoms with Crippen molar-refractivity contribution in [2.24, 2.45) is 0 Å². The van der Waals surface area contributed by atoms with Crippen LogP contribution in [0.1, 0.15) is 22.3 Å². The van der Waals surface area contributed by atoms with E-state index in [0.717, 1.165) is 17.2 Å². The van der Waals surface area contributed by atoms with Crippen LogP contribution in [0.15, 0.2) is 42.0 Å². The maximum Gasteiger partial charge on any atom is 1.00 e. The zero-order chi connectivity index (χ0) is 19.1. The van der Waals surface area contributed by atoms with Gasteiger partial charge in [0.1, 0.15) is 5.75 Å². The van der Waals surface area contributed by atoms with Crippen LogP contribution in [-0.2, 0) is 11.2 Å². The van der Waals surface area contributed by atoms with Gasteiger partial charge in [-0.25, -0.2) is 0 Å². The van der Waals surface area contributed by atoms with Gasteiger partial charge in [-0.05, 0) is 48.2 Å². The number of carboxylic acids is 1. The molecule has 3 rings (SSSR count). The molecule has 27 heavy (non-hydrogen) atoms. The molecule has 1 unspecified atom stereocenters. The van der Waals surface area contributed by atoms with Crippen LogP contribution in [-0.4, -0.2) is 18.2 Å². The number of hydrogen-bond donors (Lipinski definition) is 0. The normalized spacial score (nSPS) is 15.9. The molecule has 2 aromatic rings. The van der Waals surface area contributed by atoms with E-state index in [1.165, 1.54) is 12.1 Å². The van der Waals surface area contributed by atoms with E-state index >= 15 is 0 Å². The van der Waals surface area contributed by atoms with Crippen molar-refractivity contribution < 1.29 is 57.4 Å². The molecule has 0 amide bonds. The minimum Gasteiger partial charge on any atom is -0.545 e. The van der Waals surface area contributed by atoms with E-state index in [9.17, 15) is 23.1 Å². The van der Waals surface area contributed by atoms with Gasteiger partial charge in [0.2, 0.25) is 6.10 Å². The van der Waals surface area contributed by atoms with Crippen molar-refractivity contribution in [1.29, 1.82) is 0 Å². The predicted octanol–water partition coefficient (Wildman–Crippen LogP) is 0.700. The summed E-state index contributed by atoms with van der Waals surface area (Å²) in [5.41, 5.74) is 1.78. The Bertz CT molecular complexity index is 910. The molecule has 1 aliphatic heterocycles. The second-order valence-corrected chi connectivity index (χ2v) is 6.42. The molecule has 1 atom stereocenters. The Kier molecular flexibility index (Phi) is 6.68. The van der Waals surface area contributed by atoms with Gasteiger partial charge >= 0.3 is 35.7 Å². The fourth-order valence-electron chi connectivity index (χ4n) is 2.82. The minimum atomic E-state index is -4.88. The second-order valence-electron chi connectivity index (χ2n) is 6.01. The van der Waals surface area contributed by atoms with E-state index in [1.807, 2.05) is 31.2 Å². The Hall–Kier alpha value is -1.47. The number of carboxylic acid groups (broad SMARTS) is 1. The van der Waals surface area contributed by atoms with Gasteiger partial charge in [0.15, 0.2) is 0 Å². The summed E-state index contributed by atoms with van der Waals surface area (Å²) in [5.74, 6) is -2.00. The molecule has 1 aliphatic rings. The van der Waals surface area contributed by atoms with Crippen molar-refractivity contribution in [3.63, 3.8) is 0 Å². The Morgan fingerprint density at radius 1 is 1.22 bits per heavy atom. The van der Waals surface area contributed by atoms with Crippen molar-refractivity contribution >= 4 is 23.6 Å². The summed E-state index contributed by atoms with van der Waals surface area (Å²) < 4.78 is 44.4. The Morgan fingerprint density at radius 3 is 2.48 bits per heavy atom. The maximum atomic E-state index is 13.1. The second kappa shape index (κ2) is 8.27. The molecule has 0 N–H and O–H groups in total. The van der Waals surface area contributed by atoms with E-state index in [2.05, 4.69) is 0 Å². The Balaban J connectivity index is 0.00000261. The number of carbonyl (C=O) groups excluding carboxylic acids is 1. The van der Waals surface area contributed by atoms with Gasteiger partial charge in [0.05, 0.1) is 5.97 Å². The van der Waals surface area contributed by atoms with Crippen molar-refractivity contribution in [3.8, 4) is 5.75 Å². The minimum absolute atomic E-state index is 0. The van der Waals surface area contributed by atoms with Gasteiger partial charge in [0, 0.05) is 16.2 Å². The molecule has 0 aliphatic carbocycles. The standard InChI is InChI=1S/C19H14ClF3O3.Na/c1-10-4-2-3-5-11(10)6-12-9-16-13(8-15(12)20)7-14(18(24)25)17(26-16)19(21,22)23;/h2-5,7-9,17H,6H2,1H3,(H,24,25);/q;+1/p-1. The molecule has 1 heterocycles. The number of ether oxygens (including phenoxy) is 1. The number of fused-ring (bicyclic) bond motifs is 1. The molecule has 2 aromatic carbocycles. The van der Waals surface area contributed by atoms with Crippen molar-refractivity contribution in [2.75, 3.05) is 0 Å². The van der Waals surface area contributed by atoms with Crippen molar-refractivity contribution in [2.45, 2.75) is 25.6 Å². The number of aliphatic carboxylic acids is 1. The Labute approximate surface area is 181 Å². The van der Waals surface area contributed by atoms with Gasteiger partial charge < -0.3 is 14.6 Å². The quantitative estimate of drug-likeness (QED) is 0.708. The molecule has 136 valence electrons. The van der Waals surface area contributed by atoms with Crippen molar-refractivity contribution in [3.05, 3.63) is 69.2 Å². The molecule has 0 fully saturated rings. The SMILES string of the molecule is Cc1ccccc1Cc1cc2c(cc1Cl)C=C(C(=O)[O-])C(C(F)(F)F)O2.[Na+]. The summed E-state index contributed by atoms with van der Waals surface area (Å²) in [6, 6.07) is 10.4. The van der Waals surface area contributed by atoms with Gasteiger partial charge in [-0.1, -0.05) is 35.9 Å². The topological polar surface area (TPSA) is 49.4 Å². The fourth-order valence-corrected chi connectivity index (χ4v) is 3.06. The number of alkyl halides is 3. The summed E-state index contributed by atoms with van der Waals surface area (Å²) >= 11 is 6.25. The summed E-state index contributed by atoms with van der Waals surface area (Å²) in [5, 5.41) is 11.4. The fraction of sp³-hybridized carbons (Fsp3) is 0.211. The number of hydrogen-bond acceptors (Lipinski definition) is 3. The van der Waals surface area contributed by atoms with Crippen LogP contribution in [0.25, 0.3) is 6.08 Å². The number of rotatable bonds is 3. The van der Waals surface area contributed by atoms with E-state index in [1.54, 1.807) is 0 Å². The third-order valence-corrected chi connectivity index (χ3v) is 4.54. The zero-order valence-corrected chi connectivity index (χ0v) is 17.3. The number of aryl methyl sites for hydroxylation is 1. The van der Waals surface area contributed by atoms with Crippen LogP contribution in [0.3, 0.4) is 0 Å². The Morgan fingerprint density at radius 2 is 1.89 bits per heavy atom. The third-order valence-electron chi connectivity index (χ3n) is 4.19. The number of benzene rings is 2. The average Bonchev–Trinajstić information content (AvgIpc) is 2.55. The maximum absolute atomic E-state index is 13.1. The third kappa shape index (κ3) is 4.69. The van der Waals surface area contributed by atoms with E-state index in [0.29, 0.717) is 17.0 Å². The summed E-state index contributed by atoms with van der Waals surface area (Å²) in [6.07, 6.45) is -6.14. The molecule has 0 spiro atoms. The largest absolute Gasteiger partial charge is 1.00 e. The molecule has 0 bridgehead atoms. The first-order valence-corrected chi connectivity index (χ1v) is 8.08. The zero-order valence-electron chi connectivity index (χ0n) is 14.6. The van der Waals surface area contributed by atoms with E-state index in [-0.39, 0.29) is 40.9 Å². The van der Waals surface area contributed by atoms with Gasteiger partial charge in [-0.2, -0.15) is 13.2 Å². The van der Waals surface area contributed by atoms with Gasteiger partial charge in [0.25, 0.3) is 0 Å². The van der Waals surface area contributed by atoms with E-state index in [4.69, 9.17) is 16.3 Å². The number of carbonyl (C=O) groups is 1. The molecular formula is C19H13ClF3NaO3. The number of halogens is 4. The van der Waals surface area contributed by atoms with E-state index < -0.39 is 23.8 Å². The molecule has 0 saturated heterocycles. The average molecular weight is 405 g/mol. The first kappa shape index (κ1) is 21.8. The van der Waals surface area contributed by atoms with Crippen LogP contribution in [0.5, 0.6) is 5.75 Å². The molecular weight excluding hydrogens is 392 g/mol. The smallest absolute Gasteiger partial charge is 0.545 e. The summed E-state index contributed by atoms with van der Waals surface area (Å²) in [6.45, 7) is 1.92. The summed E-state index contributed by atoms with van der Waals surface area (Å²) in [7, 11) is 0. The van der Waals surface area contributed by atoms with Crippen molar-refractivity contribution in [1.82, 2.24) is 0 Å². The first-order chi connectivity index (χ1) is 12.2. The van der Waals surface area contributed by atoms with Crippen LogP contribution < -0.4 is 39.4 Å². The van der Waals surface area contributed by atoms with Crippen LogP contribution in [0.2, 0.25) is 5.02 Å².